The van der Waals surface area contributed by atoms with Crippen LogP contribution in [0.5, 0.6) is 0 Å². The van der Waals surface area contributed by atoms with Crippen molar-refractivity contribution in [3.8, 4) is 0 Å². The quantitative estimate of drug-likeness (QED) is 0.502. The molecule has 0 aromatic rings. The third-order valence-electron chi connectivity index (χ3n) is 2.25. The molecular formula is C12H22. The van der Waals surface area contributed by atoms with Gasteiger partial charge in [0.1, 0.15) is 0 Å². The van der Waals surface area contributed by atoms with Crippen LogP contribution in [0.1, 0.15) is 47.5 Å². The molecule has 0 aromatic carbocycles. The number of allylic oxidation sites excluding steroid dienone is 4. The Kier molecular flexibility index (Phi) is 5.79. The van der Waals surface area contributed by atoms with Gasteiger partial charge in [-0.25, -0.2) is 0 Å². The Morgan fingerprint density at radius 1 is 1.00 bits per heavy atom. The van der Waals surface area contributed by atoms with Crippen molar-refractivity contribution in [3.05, 3.63) is 23.3 Å². The zero-order valence-corrected chi connectivity index (χ0v) is 9.15. The summed E-state index contributed by atoms with van der Waals surface area (Å²) in [6.07, 6.45) is 7.07. The molecule has 0 aliphatic heterocycles. The molecule has 0 spiro atoms. The lowest BCUT2D eigenvalue weighted by Crippen LogP contribution is -1.80. The molecule has 0 atom stereocenters. The van der Waals surface area contributed by atoms with Gasteiger partial charge in [-0.1, -0.05) is 32.9 Å². The van der Waals surface area contributed by atoms with Crippen LogP contribution in [0.4, 0.5) is 0 Å². The first-order valence-electron chi connectivity index (χ1n) is 5.08. The molecule has 1 fully saturated rings. The third-order valence-corrected chi connectivity index (χ3v) is 2.25. The molecule has 0 nitrogen and oxygen atoms in total. The summed E-state index contributed by atoms with van der Waals surface area (Å²) in [6, 6.07) is 0. The van der Waals surface area contributed by atoms with Crippen molar-refractivity contribution in [2.75, 3.05) is 0 Å². The second kappa shape index (κ2) is 6.05. The highest BCUT2D eigenvalue weighted by atomic mass is 14.2. The minimum atomic E-state index is 0.873. The summed E-state index contributed by atoms with van der Waals surface area (Å²) in [4.78, 5) is 0. The summed E-state index contributed by atoms with van der Waals surface area (Å²) in [7, 11) is 0. The first-order valence-corrected chi connectivity index (χ1v) is 5.08. The molecule has 0 radical (unpaired) electrons. The number of hydrogen-bond donors (Lipinski definition) is 0. The van der Waals surface area contributed by atoms with Gasteiger partial charge in [0.25, 0.3) is 0 Å². The molecule has 0 amide bonds. The molecule has 0 bridgehead atoms. The van der Waals surface area contributed by atoms with E-state index in [0.717, 1.165) is 5.92 Å². The molecule has 0 unspecified atom stereocenters. The monoisotopic (exact) mass is 166 g/mol. The fourth-order valence-corrected chi connectivity index (χ4v) is 1.69. The van der Waals surface area contributed by atoms with Crippen molar-refractivity contribution in [3.63, 3.8) is 0 Å². The minimum Gasteiger partial charge on any atom is -0.0842 e. The van der Waals surface area contributed by atoms with E-state index in [4.69, 9.17) is 0 Å². The molecule has 12 heavy (non-hydrogen) atoms. The van der Waals surface area contributed by atoms with E-state index in [0.29, 0.717) is 0 Å². The first-order chi connectivity index (χ1) is 5.77. The van der Waals surface area contributed by atoms with Gasteiger partial charge in [0.15, 0.2) is 0 Å². The Morgan fingerprint density at radius 2 is 1.33 bits per heavy atom. The highest BCUT2D eigenvalue weighted by Gasteiger charge is 2.18. The highest BCUT2D eigenvalue weighted by molar-refractivity contribution is 5.34. The normalized spacial score (nSPS) is 24.4. The maximum atomic E-state index is 2.32. The molecule has 1 aliphatic rings. The minimum absolute atomic E-state index is 0.873. The van der Waals surface area contributed by atoms with Crippen molar-refractivity contribution in [1.29, 1.82) is 0 Å². The predicted molar refractivity (Wildman–Crippen MR) is 57.3 cm³/mol. The summed E-state index contributed by atoms with van der Waals surface area (Å²) in [5, 5.41) is 0. The van der Waals surface area contributed by atoms with Crippen LogP contribution < -0.4 is 0 Å². The summed E-state index contributed by atoms with van der Waals surface area (Å²) in [5.74, 6) is 0.873. The van der Waals surface area contributed by atoms with Gasteiger partial charge in [-0.2, -0.15) is 0 Å². The van der Waals surface area contributed by atoms with Crippen LogP contribution in [0.15, 0.2) is 23.3 Å². The van der Waals surface area contributed by atoms with Crippen LogP contribution in [0.3, 0.4) is 0 Å². The standard InChI is InChI=1S/C10H16.C2H6/c1-4-9-6-8(3)7-10(9)5-2;1-2/h4-5,8H,6-7H2,1-3H3;1-2H3/b9-4-,10-5-;. The van der Waals surface area contributed by atoms with Crippen molar-refractivity contribution >= 4 is 0 Å². The van der Waals surface area contributed by atoms with E-state index < -0.39 is 0 Å². The van der Waals surface area contributed by atoms with Crippen molar-refractivity contribution in [2.24, 2.45) is 5.92 Å². The Hall–Kier alpha value is -0.520. The second-order valence-electron chi connectivity index (χ2n) is 3.14. The zero-order chi connectivity index (χ0) is 9.56. The summed E-state index contributed by atoms with van der Waals surface area (Å²) < 4.78 is 0. The Morgan fingerprint density at radius 3 is 1.58 bits per heavy atom. The van der Waals surface area contributed by atoms with E-state index in [9.17, 15) is 0 Å². The summed E-state index contributed by atoms with van der Waals surface area (Å²) >= 11 is 0. The van der Waals surface area contributed by atoms with Crippen molar-refractivity contribution < 1.29 is 0 Å². The zero-order valence-electron chi connectivity index (χ0n) is 9.15. The Labute approximate surface area is 77.4 Å². The SMILES string of the molecule is C/C=C1/CC(C)C/C1=C/C.CC. The van der Waals surface area contributed by atoms with E-state index >= 15 is 0 Å². The molecule has 0 heteroatoms. The van der Waals surface area contributed by atoms with Gasteiger partial charge in [-0.15, -0.1) is 0 Å². The number of hydrogen-bond acceptors (Lipinski definition) is 0. The molecule has 0 aromatic heterocycles. The molecule has 1 rings (SSSR count). The van der Waals surface area contributed by atoms with Gasteiger partial charge in [-0.3, -0.25) is 0 Å². The molecule has 1 aliphatic carbocycles. The lowest BCUT2D eigenvalue weighted by molar-refractivity contribution is 0.640. The smallest absolute Gasteiger partial charge is 0.0250 e. The van der Waals surface area contributed by atoms with Crippen LogP contribution in [0.25, 0.3) is 0 Å². The molecule has 70 valence electrons. The van der Waals surface area contributed by atoms with E-state index in [1.165, 1.54) is 12.8 Å². The lowest BCUT2D eigenvalue weighted by Gasteiger charge is -1.94. The van der Waals surface area contributed by atoms with Crippen molar-refractivity contribution in [2.45, 2.75) is 47.5 Å². The fraction of sp³-hybridized carbons (Fsp3) is 0.667. The van der Waals surface area contributed by atoms with Gasteiger partial charge < -0.3 is 0 Å². The van der Waals surface area contributed by atoms with E-state index in [2.05, 4.69) is 32.9 Å². The fourth-order valence-electron chi connectivity index (χ4n) is 1.69. The second-order valence-corrected chi connectivity index (χ2v) is 3.14. The Balaban J connectivity index is 0.000000561. The topological polar surface area (TPSA) is 0 Å². The van der Waals surface area contributed by atoms with Crippen LogP contribution >= 0.6 is 0 Å². The lowest BCUT2D eigenvalue weighted by atomic mass is 10.1. The summed E-state index contributed by atoms with van der Waals surface area (Å²) in [6.45, 7) is 10.6. The van der Waals surface area contributed by atoms with Gasteiger partial charge in [0, 0.05) is 0 Å². The van der Waals surface area contributed by atoms with Gasteiger partial charge in [-0.05, 0) is 43.8 Å². The maximum Gasteiger partial charge on any atom is -0.0250 e. The average molecular weight is 166 g/mol. The molecule has 1 saturated carbocycles. The predicted octanol–water partition coefficient (Wildman–Crippen LogP) is 4.34. The van der Waals surface area contributed by atoms with E-state index in [-0.39, 0.29) is 0 Å². The largest absolute Gasteiger partial charge is 0.0842 e. The van der Waals surface area contributed by atoms with Gasteiger partial charge in [0.05, 0.1) is 0 Å². The van der Waals surface area contributed by atoms with Crippen LogP contribution in [0, 0.1) is 5.92 Å². The van der Waals surface area contributed by atoms with Crippen LogP contribution in [-0.2, 0) is 0 Å². The van der Waals surface area contributed by atoms with E-state index in [1.54, 1.807) is 11.1 Å². The van der Waals surface area contributed by atoms with Crippen LogP contribution in [-0.4, -0.2) is 0 Å². The van der Waals surface area contributed by atoms with E-state index in [1.807, 2.05) is 13.8 Å². The van der Waals surface area contributed by atoms with Gasteiger partial charge >= 0.3 is 0 Å². The Bertz CT molecular complexity index is 152. The van der Waals surface area contributed by atoms with Crippen LogP contribution in [0.2, 0.25) is 0 Å². The third kappa shape index (κ3) is 2.84. The number of rotatable bonds is 0. The maximum absolute atomic E-state index is 2.32. The molecule has 0 saturated heterocycles. The molecule has 0 heterocycles. The molecule has 0 N–H and O–H groups in total. The molecular weight excluding hydrogens is 144 g/mol. The summed E-state index contributed by atoms with van der Waals surface area (Å²) in [5.41, 5.74) is 3.13. The van der Waals surface area contributed by atoms with Gasteiger partial charge in [0.2, 0.25) is 0 Å². The highest BCUT2D eigenvalue weighted by Crippen LogP contribution is 2.34. The van der Waals surface area contributed by atoms with Crippen molar-refractivity contribution in [1.82, 2.24) is 0 Å². The average Bonchev–Trinajstić information content (AvgIpc) is 2.49. The first kappa shape index (κ1) is 11.5.